The molecule has 1 aromatic carbocycles. The smallest absolute Gasteiger partial charge is 0.247 e. The first kappa shape index (κ1) is 21.7. The molecule has 1 atom stereocenters. The Hall–Kier alpha value is -1.62. The lowest BCUT2D eigenvalue weighted by Crippen LogP contribution is -2.49. The van der Waals surface area contributed by atoms with Gasteiger partial charge in [-0.2, -0.15) is 0 Å². The summed E-state index contributed by atoms with van der Waals surface area (Å²) in [5.74, 6) is 0.304. The Morgan fingerprint density at radius 2 is 1.74 bits per heavy atom. The molecule has 1 aliphatic carbocycles. The van der Waals surface area contributed by atoms with Gasteiger partial charge in [-0.05, 0) is 61.6 Å². The lowest BCUT2D eigenvalue weighted by Gasteiger charge is -2.31. The fourth-order valence-corrected chi connectivity index (χ4v) is 3.83. The first-order valence-electron chi connectivity index (χ1n) is 9.75. The molecule has 1 aromatic rings. The highest BCUT2D eigenvalue weighted by Crippen LogP contribution is 2.33. The second kappa shape index (κ2) is 9.54. The van der Waals surface area contributed by atoms with Crippen LogP contribution in [0.4, 0.5) is 10.1 Å². The van der Waals surface area contributed by atoms with Gasteiger partial charge in [-0.25, -0.2) is 4.39 Å². The van der Waals surface area contributed by atoms with Crippen molar-refractivity contribution in [3.63, 3.8) is 0 Å². The van der Waals surface area contributed by atoms with Crippen molar-refractivity contribution in [2.75, 3.05) is 5.32 Å². The van der Waals surface area contributed by atoms with Crippen molar-refractivity contribution in [1.29, 1.82) is 0 Å². The zero-order chi connectivity index (χ0) is 20.1. The SMILES string of the molecule is CC(C)C1CCC(C(=O)N[C@H](C(=O)Nc2ccc(F)c(Cl)c2)C(C)C)CC1. The highest BCUT2D eigenvalue weighted by atomic mass is 35.5. The normalized spacial score (nSPS) is 21.2. The predicted octanol–water partition coefficient (Wildman–Crippen LogP) is 5.02. The first-order chi connectivity index (χ1) is 12.7. The van der Waals surface area contributed by atoms with E-state index in [2.05, 4.69) is 24.5 Å². The van der Waals surface area contributed by atoms with E-state index in [0.29, 0.717) is 17.5 Å². The van der Waals surface area contributed by atoms with Crippen molar-refractivity contribution in [1.82, 2.24) is 5.32 Å². The van der Waals surface area contributed by atoms with Crippen molar-refractivity contribution in [2.45, 2.75) is 59.4 Å². The average Bonchev–Trinajstić information content (AvgIpc) is 2.62. The third-order valence-corrected chi connectivity index (χ3v) is 5.81. The summed E-state index contributed by atoms with van der Waals surface area (Å²) < 4.78 is 13.3. The summed E-state index contributed by atoms with van der Waals surface area (Å²) in [5.41, 5.74) is 0.406. The maximum Gasteiger partial charge on any atom is 0.247 e. The van der Waals surface area contributed by atoms with Crippen molar-refractivity contribution >= 4 is 29.1 Å². The lowest BCUT2D eigenvalue weighted by molar-refractivity contribution is -0.131. The Morgan fingerprint density at radius 3 is 2.26 bits per heavy atom. The van der Waals surface area contributed by atoms with Gasteiger partial charge in [-0.3, -0.25) is 9.59 Å². The zero-order valence-electron chi connectivity index (χ0n) is 16.5. The molecule has 2 N–H and O–H groups in total. The lowest BCUT2D eigenvalue weighted by atomic mass is 9.76. The van der Waals surface area contributed by atoms with Crippen LogP contribution in [0.3, 0.4) is 0 Å². The third kappa shape index (κ3) is 5.93. The minimum Gasteiger partial charge on any atom is -0.344 e. The van der Waals surface area contributed by atoms with Crippen LogP contribution in [0, 0.1) is 29.5 Å². The molecule has 0 unspecified atom stereocenters. The summed E-state index contributed by atoms with van der Waals surface area (Å²) in [5, 5.41) is 5.58. The molecule has 4 nitrogen and oxygen atoms in total. The van der Waals surface area contributed by atoms with Gasteiger partial charge in [0.25, 0.3) is 0 Å². The Bertz CT molecular complexity index is 670. The maximum absolute atomic E-state index is 13.3. The van der Waals surface area contributed by atoms with Gasteiger partial charge in [-0.1, -0.05) is 39.3 Å². The fraction of sp³-hybridized carbons (Fsp3) is 0.619. The van der Waals surface area contributed by atoms with Crippen LogP contribution in [-0.4, -0.2) is 17.9 Å². The molecule has 6 heteroatoms. The van der Waals surface area contributed by atoms with Crippen molar-refractivity contribution in [3.05, 3.63) is 29.0 Å². The summed E-state index contributed by atoms with van der Waals surface area (Å²) in [7, 11) is 0. The van der Waals surface area contributed by atoms with Crippen LogP contribution in [0.1, 0.15) is 53.4 Å². The van der Waals surface area contributed by atoms with Crippen LogP contribution in [-0.2, 0) is 9.59 Å². The number of hydrogen-bond acceptors (Lipinski definition) is 2. The Morgan fingerprint density at radius 1 is 1.11 bits per heavy atom. The van der Waals surface area contributed by atoms with E-state index in [0.717, 1.165) is 25.7 Å². The molecule has 0 spiro atoms. The van der Waals surface area contributed by atoms with Crippen LogP contribution in [0.2, 0.25) is 5.02 Å². The molecule has 0 aromatic heterocycles. The van der Waals surface area contributed by atoms with Gasteiger partial charge in [0.1, 0.15) is 11.9 Å². The average molecular weight is 397 g/mol. The van der Waals surface area contributed by atoms with E-state index in [-0.39, 0.29) is 28.7 Å². The second-order valence-corrected chi connectivity index (χ2v) is 8.61. The quantitative estimate of drug-likeness (QED) is 0.709. The summed E-state index contributed by atoms with van der Waals surface area (Å²) in [6.45, 7) is 8.23. The molecule has 0 radical (unpaired) electrons. The molecule has 1 aliphatic rings. The molecule has 0 bridgehead atoms. The second-order valence-electron chi connectivity index (χ2n) is 8.20. The summed E-state index contributed by atoms with van der Waals surface area (Å²) in [4.78, 5) is 25.3. The van der Waals surface area contributed by atoms with E-state index in [9.17, 15) is 14.0 Å². The molecule has 0 heterocycles. The monoisotopic (exact) mass is 396 g/mol. The summed E-state index contributed by atoms with van der Waals surface area (Å²) in [6.07, 6.45) is 3.86. The van der Waals surface area contributed by atoms with E-state index in [1.165, 1.54) is 18.2 Å². The fourth-order valence-electron chi connectivity index (χ4n) is 3.65. The molecule has 0 aliphatic heterocycles. The van der Waals surface area contributed by atoms with Crippen LogP contribution >= 0.6 is 11.6 Å². The molecule has 150 valence electrons. The van der Waals surface area contributed by atoms with Gasteiger partial charge in [0.05, 0.1) is 5.02 Å². The van der Waals surface area contributed by atoms with E-state index in [1.807, 2.05) is 13.8 Å². The van der Waals surface area contributed by atoms with Gasteiger partial charge in [0.15, 0.2) is 0 Å². The number of rotatable bonds is 6. The largest absolute Gasteiger partial charge is 0.344 e. The minimum atomic E-state index is -0.649. The molecule has 1 fully saturated rings. The van der Waals surface area contributed by atoms with Crippen molar-refractivity contribution in [2.24, 2.45) is 23.7 Å². The van der Waals surface area contributed by atoms with Crippen molar-refractivity contribution in [3.8, 4) is 0 Å². The van der Waals surface area contributed by atoms with Crippen LogP contribution < -0.4 is 10.6 Å². The van der Waals surface area contributed by atoms with E-state index in [1.54, 1.807) is 0 Å². The van der Waals surface area contributed by atoms with Gasteiger partial charge in [-0.15, -0.1) is 0 Å². The molecular weight excluding hydrogens is 367 g/mol. The first-order valence-corrected chi connectivity index (χ1v) is 10.1. The van der Waals surface area contributed by atoms with Crippen molar-refractivity contribution < 1.29 is 14.0 Å². The van der Waals surface area contributed by atoms with E-state index >= 15 is 0 Å². The highest BCUT2D eigenvalue weighted by molar-refractivity contribution is 6.31. The van der Waals surface area contributed by atoms with Crippen LogP contribution in [0.5, 0.6) is 0 Å². The number of halogens is 2. The number of amides is 2. The molecule has 0 saturated heterocycles. The van der Waals surface area contributed by atoms with Crippen LogP contribution in [0.15, 0.2) is 18.2 Å². The number of anilines is 1. The third-order valence-electron chi connectivity index (χ3n) is 5.52. The van der Waals surface area contributed by atoms with E-state index in [4.69, 9.17) is 11.6 Å². The maximum atomic E-state index is 13.3. The minimum absolute atomic E-state index is 0.0330. The summed E-state index contributed by atoms with van der Waals surface area (Å²) >= 11 is 5.76. The van der Waals surface area contributed by atoms with Gasteiger partial charge < -0.3 is 10.6 Å². The van der Waals surface area contributed by atoms with Gasteiger partial charge in [0.2, 0.25) is 11.8 Å². The van der Waals surface area contributed by atoms with Gasteiger partial charge in [0, 0.05) is 11.6 Å². The number of benzene rings is 1. The molecule has 27 heavy (non-hydrogen) atoms. The summed E-state index contributed by atoms with van der Waals surface area (Å²) in [6, 6.07) is 3.37. The number of carbonyl (C=O) groups excluding carboxylic acids is 2. The Balaban J connectivity index is 1.97. The predicted molar refractivity (Wildman–Crippen MR) is 107 cm³/mol. The van der Waals surface area contributed by atoms with E-state index < -0.39 is 11.9 Å². The highest BCUT2D eigenvalue weighted by Gasteiger charge is 2.31. The molecule has 2 rings (SSSR count). The standard InChI is InChI=1S/C21H30ClFN2O2/c1-12(2)14-5-7-15(8-6-14)20(26)25-19(13(3)4)21(27)24-16-9-10-18(23)17(22)11-16/h9-15,19H,5-8H2,1-4H3,(H,24,27)(H,25,26)/t14?,15?,19-/m0/s1. The Kier molecular flexibility index (Phi) is 7.66. The Labute approximate surface area is 166 Å². The van der Waals surface area contributed by atoms with Crippen LogP contribution in [0.25, 0.3) is 0 Å². The van der Waals surface area contributed by atoms with Gasteiger partial charge >= 0.3 is 0 Å². The number of hydrogen-bond donors (Lipinski definition) is 2. The number of carbonyl (C=O) groups is 2. The molecular formula is C21H30ClFN2O2. The zero-order valence-corrected chi connectivity index (χ0v) is 17.3. The number of nitrogens with one attached hydrogen (secondary N) is 2. The topological polar surface area (TPSA) is 58.2 Å². The molecule has 1 saturated carbocycles. The molecule has 2 amide bonds.